The van der Waals surface area contributed by atoms with Gasteiger partial charge in [0.25, 0.3) is 0 Å². The maximum Gasteiger partial charge on any atom is 0.0180 e. The molecule has 0 aliphatic heterocycles. The molecular formula is C7H11N. The fourth-order valence-electron chi connectivity index (χ4n) is 0.267. The molecular weight excluding hydrogens is 98.1 g/mol. The first-order chi connectivity index (χ1) is 3.68. The largest absolute Gasteiger partial charge is 0.309 e. The summed E-state index contributed by atoms with van der Waals surface area (Å²) in [6, 6.07) is 0. The van der Waals surface area contributed by atoms with Crippen molar-refractivity contribution in [2.45, 2.75) is 13.8 Å². The van der Waals surface area contributed by atoms with Gasteiger partial charge in [-0.25, -0.2) is 0 Å². The zero-order valence-corrected chi connectivity index (χ0v) is 5.36. The van der Waals surface area contributed by atoms with Gasteiger partial charge in [-0.1, -0.05) is 12.2 Å². The number of rotatable bonds is 2. The third-order valence-electron chi connectivity index (χ3n) is 1.01. The van der Waals surface area contributed by atoms with Crippen molar-refractivity contribution < 1.29 is 0 Å². The second kappa shape index (κ2) is 3.19. The molecule has 0 amide bonds. The van der Waals surface area contributed by atoms with Crippen molar-refractivity contribution in [1.29, 1.82) is 5.41 Å². The summed E-state index contributed by atoms with van der Waals surface area (Å²) in [5.41, 5.74) is 2.09. The van der Waals surface area contributed by atoms with Gasteiger partial charge in [0.2, 0.25) is 0 Å². The van der Waals surface area contributed by atoms with E-state index in [2.05, 4.69) is 6.58 Å². The van der Waals surface area contributed by atoms with Crippen molar-refractivity contribution in [2.24, 2.45) is 0 Å². The maximum absolute atomic E-state index is 6.68. The maximum atomic E-state index is 6.68. The van der Waals surface area contributed by atoms with Crippen LogP contribution in [0, 0.1) is 5.41 Å². The highest BCUT2D eigenvalue weighted by Gasteiger charge is 1.83. The van der Waals surface area contributed by atoms with Crippen LogP contribution in [-0.2, 0) is 0 Å². The fraction of sp³-hybridized carbons (Fsp3) is 0.286. The third-order valence-corrected chi connectivity index (χ3v) is 1.01. The molecule has 0 aromatic carbocycles. The molecule has 0 heterocycles. The lowest BCUT2D eigenvalue weighted by atomic mass is 10.1. The topological polar surface area (TPSA) is 23.9 Å². The Labute approximate surface area is 50.2 Å². The van der Waals surface area contributed by atoms with Gasteiger partial charge < -0.3 is 5.41 Å². The molecule has 44 valence electrons. The summed E-state index contributed by atoms with van der Waals surface area (Å²) in [4.78, 5) is 0. The van der Waals surface area contributed by atoms with Crippen molar-refractivity contribution in [3.8, 4) is 0 Å². The first-order valence-corrected chi connectivity index (χ1v) is 2.51. The lowest BCUT2D eigenvalue weighted by Crippen LogP contribution is -1.74. The number of nitrogens with one attached hydrogen (secondary N) is 1. The first-order valence-electron chi connectivity index (χ1n) is 2.51. The van der Waals surface area contributed by atoms with Gasteiger partial charge in [-0.15, -0.1) is 0 Å². The van der Waals surface area contributed by atoms with Gasteiger partial charge in [-0.3, -0.25) is 0 Å². The summed E-state index contributed by atoms with van der Waals surface area (Å²) in [5, 5.41) is 6.68. The van der Waals surface area contributed by atoms with E-state index in [0.29, 0.717) is 0 Å². The molecule has 0 saturated heterocycles. The molecule has 0 atom stereocenters. The van der Waals surface area contributed by atoms with Crippen LogP contribution in [0.2, 0.25) is 0 Å². The molecule has 0 rings (SSSR count). The third kappa shape index (κ3) is 2.35. The standard InChI is InChI=1S/C7H11N/c1-6(2)7(3)4-5-8/h4-5,8H,1H2,2-3H3/b7-4+,8-5?. The molecule has 8 heavy (non-hydrogen) atoms. The molecule has 0 aliphatic rings. The van der Waals surface area contributed by atoms with E-state index in [1.807, 2.05) is 13.8 Å². The van der Waals surface area contributed by atoms with Crippen LogP contribution in [0.15, 0.2) is 23.8 Å². The molecule has 0 saturated carbocycles. The Hall–Kier alpha value is -0.850. The normalized spacial score (nSPS) is 11.0. The van der Waals surface area contributed by atoms with Crippen LogP contribution in [0.25, 0.3) is 0 Å². The van der Waals surface area contributed by atoms with Crippen LogP contribution in [0.4, 0.5) is 0 Å². The van der Waals surface area contributed by atoms with Crippen LogP contribution in [-0.4, -0.2) is 6.21 Å². The number of allylic oxidation sites excluding steroid dienone is 3. The Kier molecular flexibility index (Phi) is 2.85. The number of hydrogen-bond acceptors (Lipinski definition) is 1. The Morgan fingerprint density at radius 1 is 1.50 bits per heavy atom. The Morgan fingerprint density at radius 2 is 2.00 bits per heavy atom. The number of hydrogen-bond donors (Lipinski definition) is 1. The molecule has 0 fully saturated rings. The van der Waals surface area contributed by atoms with Gasteiger partial charge in [-0.05, 0) is 25.5 Å². The highest BCUT2D eigenvalue weighted by Crippen LogP contribution is 2.01. The van der Waals surface area contributed by atoms with Crippen LogP contribution < -0.4 is 0 Å². The predicted octanol–water partition coefficient (Wildman–Crippen LogP) is 2.16. The Morgan fingerprint density at radius 3 is 2.12 bits per heavy atom. The summed E-state index contributed by atoms with van der Waals surface area (Å²) < 4.78 is 0. The minimum absolute atomic E-state index is 1.02. The van der Waals surface area contributed by atoms with Gasteiger partial charge in [0.15, 0.2) is 0 Å². The molecule has 1 N–H and O–H groups in total. The van der Waals surface area contributed by atoms with Crippen molar-refractivity contribution in [2.75, 3.05) is 0 Å². The zero-order valence-electron chi connectivity index (χ0n) is 5.36. The van der Waals surface area contributed by atoms with Crippen molar-refractivity contribution in [3.05, 3.63) is 23.8 Å². The highest BCUT2D eigenvalue weighted by molar-refractivity contribution is 5.70. The van der Waals surface area contributed by atoms with Gasteiger partial charge in [0, 0.05) is 6.21 Å². The van der Waals surface area contributed by atoms with E-state index in [1.54, 1.807) is 6.08 Å². The van der Waals surface area contributed by atoms with Crippen molar-refractivity contribution in [1.82, 2.24) is 0 Å². The Balaban J connectivity index is 3.99. The molecule has 0 bridgehead atoms. The van der Waals surface area contributed by atoms with E-state index in [0.717, 1.165) is 11.1 Å². The average molecular weight is 109 g/mol. The van der Waals surface area contributed by atoms with E-state index in [9.17, 15) is 0 Å². The van der Waals surface area contributed by atoms with Crippen LogP contribution >= 0.6 is 0 Å². The van der Waals surface area contributed by atoms with Gasteiger partial charge >= 0.3 is 0 Å². The molecule has 0 aliphatic carbocycles. The summed E-state index contributed by atoms with van der Waals surface area (Å²) in [6.45, 7) is 7.57. The highest BCUT2D eigenvalue weighted by atomic mass is 14.3. The van der Waals surface area contributed by atoms with Gasteiger partial charge in [0.1, 0.15) is 0 Å². The minimum Gasteiger partial charge on any atom is -0.309 e. The summed E-state index contributed by atoms with van der Waals surface area (Å²) in [6.07, 6.45) is 2.99. The molecule has 0 aromatic rings. The zero-order chi connectivity index (χ0) is 6.57. The van der Waals surface area contributed by atoms with E-state index in [4.69, 9.17) is 5.41 Å². The van der Waals surface area contributed by atoms with Gasteiger partial charge in [-0.2, -0.15) is 0 Å². The lowest BCUT2D eigenvalue weighted by molar-refractivity contribution is 1.37. The minimum atomic E-state index is 1.02. The second-order valence-electron chi connectivity index (χ2n) is 1.80. The molecule has 1 nitrogen and oxygen atoms in total. The lowest BCUT2D eigenvalue weighted by Gasteiger charge is -1.92. The van der Waals surface area contributed by atoms with Crippen LogP contribution in [0.1, 0.15) is 13.8 Å². The molecule has 0 unspecified atom stereocenters. The second-order valence-corrected chi connectivity index (χ2v) is 1.80. The van der Waals surface area contributed by atoms with E-state index in [-0.39, 0.29) is 0 Å². The molecule has 0 radical (unpaired) electrons. The van der Waals surface area contributed by atoms with Gasteiger partial charge in [0.05, 0.1) is 0 Å². The van der Waals surface area contributed by atoms with E-state index in [1.165, 1.54) is 6.21 Å². The Bertz CT molecular complexity index is 131. The van der Waals surface area contributed by atoms with Crippen molar-refractivity contribution in [3.63, 3.8) is 0 Å². The SMILES string of the molecule is C=C(C)/C(C)=C/C=N. The first kappa shape index (κ1) is 7.15. The molecule has 1 heteroatoms. The van der Waals surface area contributed by atoms with E-state index < -0.39 is 0 Å². The van der Waals surface area contributed by atoms with Crippen molar-refractivity contribution >= 4 is 6.21 Å². The predicted molar refractivity (Wildman–Crippen MR) is 37.4 cm³/mol. The molecule has 0 aromatic heterocycles. The average Bonchev–Trinajstić information content (AvgIpc) is 1.67. The smallest absolute Gasteiger partial charge is 0.0180 e. The van der Waals surface area contributed by atoms with Crippen LogP contribution in [0.3, 0.4) is 0 Å². The summed E-state index contributed by atoms with van der Waals surface area (Å²) >= 11 is 0. The van der Waals surface area contributed by atoms with E-state index >= 15 is 0 Å². The van der Waals surface area contributed by atoms with Crippen LogP contribution in [0.5, 0.6) is 0 Å². The summed E-state index contributed by atoms with van der Waals surface area (Å²) in [5.74, 6) is 0. The monoisotopic (exact) mass is 109 g/mol. The fourth-order valence-corrected chi connectivity index (χ4v) is 0.267. The quantitative estimate of drug-likeness (QED) is 0.415. The molecule has 0 spiro atoms. The summed E-state index contributed by atoms with van der Waals surface area (Å²) in [7, 11) is 0.